The second kappa shape index (κ2) is 7.15. The van der Waals surface area contributed by atoms with E-state index in [-0.39, 0.29) is 12.4 Å². The maximum absolute atomic E-state index is 12.0. The first-order valence-corrected chi connectivity index (χ1v) is 6.99. The van der Waals surface area contributed by atoms with Crippen molar-refractivity contribution in [2.45, 2.75) is 0 Å². The molecular weight excluding hydrogens is 327 g/mol. The number of urea groups is 1. The predicted octanol–water partition coefficient (Wildman–Crippen LogP) is 3.75. The highest BCUT2D eigenvalue weighted by molar-refractivity contribution is 6.34. The third-order valence-corrected chi connectivity index (χ3v) is 3.27. The molecular formula is C15H12Cl2N2O3. The number of carbonyl (C=O) groups excluding carboxylic acids is 2. The average Bonchev–Trinajstić information content (AvgIpc) is 2.48. The highest BCUT2D eigenvalue weighted by Crippen LogP contribution is 2.27. The van der Waals surface area contributed by atoms with Gasteiger partial charge in [-0.2, -0.15) is 0 Å². The monoisotopic (exact) mass is 338 g/mol. The number of ketones is 1. The van der Waals surface area contributed by atoms with Crippen molar-refractivity contribution < 1.29 is 14.3 Å². The Morgan fingerprint density at radius 1 is 1.09 bits per heavy atom. The Hall–Kier alpha value is -2.24. The minimum Gasteiger partial charge on any atom is -0.484 e. The topological polar surface area (TPSA) is 81.4 Å². The van der Waals surface area contributed by atoms with Gasteiger partial charge in [-0.05, 0) is 36.4 Å². The molecule has 7 heteroatoms. The Kier molecular flexibility index (Phi) is 5.25. The lowest BCUT2D eigenvalue weighted by Gasteiger charge is -2.08. The molecule has 0 spiro atoms. The summed E-state index contributed by atoms with van der Waals surface area (Å²) in [5.74, 6) is 0.108. The molecule has 2 aromatic rings. The van der Waals surface area contributed by atoms with Gasteiger partial charge in [0.2, 0.25) is 0 Å². The van der Waals surface area contributed by atoms with Crippen LogP contribution < -0.4 is 15.8 Å². The first-order valence-electron chi connectivity index (χ1n) is 6.23. The summed E-state index contributed by atoms with van der Waals surface area (Å²) in [7, 11) is 0. The summed E-state index contributed by atoms with van der Waals surface area (Å²) in [6, 6.07) is 10.4. The number of hydrogen-bond donors (Lipinski definition) is 2. The van der Waals surface area contributed by atoms with Gasteiger partial charge in [0, 0.05) is 22.3 Å². The van der Waals surface area contributed by atoms with Crippen molar-refractivity contribution in [1.29, 1.82) is 0 Å². The molecule has 0 aromatic heterocycles. The van der Waals surface area contributed by atoms with E-state index < -0.39 is 6.03 Å². The fourth-order valence-corrected chi connectivity index (χ4v) is 2.03. The van der Waals surface area contributed by atoms with Crippen LogP contribution in [0.3, 0.4) is 0 Å². The van der Waals surface area contributed by atoms with Gasteiger partial charge < -0.3 is 15.8 Å². The quantitative estimate of drug-likeness (QED) is 0.814. The van der Waals surface area contributed by atoms with Gasteiger partial charge in [0.05, 0.1) is 5.02 Å². The molecule has 5 nitrogen and oxygen atoms in total. The summed E-state index contributed by atoms with van der Waals surface area (Å²) in [6.07, 6.45) is 0. The van der Waals surface area contributed by atoms with Crippen molar-refractivity contribution in [3.8, 4) is 5.75 Å². The zero-order chi connectivity index (χ0) is 16.1. The molecule has 0 aliphatic heterocycles. The second-order valence-electron chi connectivity index (χ2n) is 4.35. The maximum Gasteiger partial charge on any atom is 0.316 e. The molecule has 0 unspecified atom stereocenters. The Balaban J connectivity index is 2.00. The van der Waals surface area contributed by atoms with Crippen LogP contribution in [0.15, 0.2) is 42.5 Å². The fraction of sp³-hybridized carbons (Fsp3) is 0.0667. The first kappa shape index (κ1) is 16.1. The van der Waals surface area contributed by atoms with Crippen LogP contribution in [0.1, 0.15) is 10.4 Å². The number of amides is 2. The molecule has 114 valence electrons. The fourth-order valence-electron chi connectivity index (χ4n) is 1.70. The number of anilines is 1. The molecule has 2 rings (SSSR count). The largest absolute Gasteiger partial charge is 0.484 e. The molecule has 0 saturated carbocycles. The molecule has 22 heavy (non-hydrogen) atoms. The molecule has 0 aliphatic carbocycles. The van der Waals surface area contributed by atoms with Gasteiger partial charge in [-0.3, -0.25) is 4.79 Å². The molecule has 2 aromatic carbocycles. The van der Waals surface area contributed by atoms with Crippen LogP contribution in [0.5, 0.6) is 5.75 Å². The van der Waals surface area contributed by atoms with Crippen LogP contribution in [0, 0.1) is 0 Å². The minimum atomic E-state index is -0.669. The van der Waals surface area contributed by atoms with Crippen molar-refractivity contribution in [1.82, 2.24) is 0 Å². The molecule has 0 saturated heterocycles. The van der Waals surface area contributed by atoms with E-state index in [4.69, 9.17) is 33.7 Å². The zero-order valence-corrected chi connectivity index (χ0v) is 12.8. The van der Waals surface area contributed by atoms with E-state index in [2.05, 4.69) is 5.32 Å². The average molecular weight is 339 g/mol. The standard InChI is InChI=1S/C15H12Cl2N2O3/c16-10-3-6-12(17)14(7-10)22-8-13(20)9-1-4-11(5-2-9)19-15(18)21/h1-7H,8H2,(H3,18,19,21). The number of primary amides is 1. The zero-order valence-electron chi connectivity index (χ0n) is 11.3. The van der Waals surface area contributed by atoms with Gasteiger partial charge >= 0.3 is 6.03 Å². The van der Waals surface area contributed by atoms with Crippen molar-refractivity contribution in [2.24, 2.45) is 5.73 Å². The molecule has 0 aliphatic rings. The lowest BCUT2D eigenvalue weighted by Crippen LogP contribution is -2.19. The second-order valence-corrected chi connectivity index (χ2v) is 5.20. The van der Waals surface area contributed by atoms with Crippen LogP contribution in [-0.4, -0.2) is 18.4 Å². The van der Waals surface area contributed by atoms with Gasteiger partial charge in [-0.1, -0.05) is 23.2 Å². The van der Waals surface area contributed by atoms with E-state index >= 15 is 0 Å². The van der Waals surface area contributed by atoms with Crippen molar-refractivity contribution in [3.05, 3.63) is 58.1 Å². The molecule has 3 N–H and O–H groups in total. The Morgan fingerprint density at radius 2 is 1.77 bits per heavy atom. The normalized spacial score (nSPS) is 10.1. The van der Waals surface area contributed by atoms with E-state index in [0.717, 1.165) is 0 Å². The van der Waals surface area contributed by atoms with Gasteiger partial charge in [-0.15, -0.1) is 0 Å². The van der Waals surface area contributed by atoms with Crippen molar-refractivity contribution >= 4 is 40.7 Å². The van der Waals surface area contributed by atoms with Gasteiger partial charge in [0.1, 0.15) is 5.75 Å². The summed E-state index contributed by atoms with van der Waals surface area (Å²) in [5.41, 5.74) is 5.94. The van der Waals surface area contributed by atoms with E-state index in [9.17, 15) is 9.59 Å². The smallest absolute Gasteiger partial charge is 0.316 e. The number of ether oxygens (including phenoxy) is 1. The first-order chi connectivity index (χ1) is 10.5. The third-order valence-electron chi connectivity index (χ3n) is 2.73. The van der Waals surface area contributed by atoms with E-state index in [1.54, 1.807) is 36.4 Å². The molecule has 0 atom stereocenters. The summed E-state index contributed by atoms with van der Waals surface area (Å²) >= 11 is 11.8. The predicted molar refractivity (Wildman–Crippen MR) is 85.9 cm³/mol. The number of nitrogens with one attached hydrogen (secondary N) is 1. The third kappa shape index (κ3) is 4.38. The number of hydrogen-bond acceptors (Lipinski definition) is 3. The van der Waals surface area contributed by atoms with Crippen LogP contribution in [-0.2, 0) is 0 Å². The molecule has 2 amide bonds. The lowest BCUT2D eigenvalue weighted by atomic mass is 10.1. The van der Waals surface area contributed by atoms with E-state index in [1.807, 2.05) is 0 Å². The van der Waals surface area contributed by atoms with Crippen molar-refractivity contribution in [2.75, 3.05) is 11.9 Å². The van der Waals surface area contributed by atoms with Crippen LogP contribution in [0.25, 0.3) is 0 Å². The van der Waals surface area contributed by atoms with E-state index in [1.165, 1.54) is 6.07 Å². The summed E-state index contributed by atoms with van der Waals surface area (Å²) in [4.78, 5) is 22.7. The molecule has 0 bridgehead atoms. The Labute approximate surface area is 137 Å². The number of halogens is 2. The number of benzene rings is 2. The van der Waals surface area contributed by atoms with Gasteiger partial charge in [0.25, 0.3) is 0 Å². The minimum absolute atomic E-state index is 0.178. The van der Waals surface area contributed by atoms with Crippen LogP contribution in [0.4, 0.5) is 10.5 Å². The van der Waals surface area contributed by atoms with Crippen LogP contribution >= 0.6 is 23.2 Å². The summed E-state index contributed by atoms with van der Waals surface area (Å²) in [6.45, 7) is -0.178. The Morgan fingerprint density at radius 3 is 2.41 bits per heavy atom. The molecule has 0 heterocycles. The lowest BCUT2D eigenvalue weighted by molar-refractivity contribution is 0.0921. The van der Waals surface area contributed by atoms with Gasteiger partial charge in [0.15, 0.2) is 12.4 Å². The highest BCUT2D eigenvalue weighted by atomic mass is 35.5. The molecule has 0 radical (unpaired) electrons. The Bertz CT molecular complexity index is 702. The number of nitrogens with two attached hydrogens (primary N) is 1. The van der Waals surface area contributed by atoms with E-state index in [0.29, 0.717) is 27.0 Å². The summed E-state index contributed by atoms with van der Waals surface area (Å²) < 4.78 is 5.37. The summed E-state index contributed by atoms with van der Waals surface area (Å²) in [5, 5.41) is 3.25. The number of Topliss-reactive ketones (excluding diaryl/α,β-unsaturated/α-hetero) is 1. The maximum atomic E-state index is 12.0. The van der Waals surface area contributed by atoms with Crippen molar-refractivity contribution in [3.63, 3.8) is 0 Å². The van der Waals surface area contributed by atoms with Gasteiger partial charge in [-0.25, -0.2) is 4.79 Å². The number of carbonyl (C=O) groups is 2. The van der Waals surface area contributed by atoms with Crippen LogP contribution in [0.2, 0.25) is 10.0 Å². The highest BCUT2D eigenvalue weighted by Gasteiger charge is 2.09. The SMILES string of the molecule is NC(=O)Nc1ccc(C(=O)COc2cc(Cl)ccc2Cl)cc1. The molecule has 0 fully saturated rings. The number of rotatable bonds is 5.